The lowest BCUT2D eigenvalue weighted by atomic mass is 9.85. The van der Waals surface area contributed by atoms with Gasteiger partial charge < -0.3 is 10.2 Å². The minimum absolute atomic E-state index is 0.136. The third kappa shape index (κ3) is 4.81. The number of carbonyl (C=O) groups excluding carboxylic acids is 1. The molecule has 2 unspecified atom stereocenters. The van der Waals surface area contributed by atoms with Crippen molar-refractivity contribution in [3.8, 4) is 0 Å². The Labute approximate surface area is 126 Å². The Bertz CT molecular complexity index is 472. The predicted octanol–water partition coefficient (Wildman–Crippen LogP) is 2.81. The molecule has 4 heteroatoms. The van der Waals surface area contributed by atoms with E-state index >= 15 is 0 Å². The van der Waals surface area contributed by atoms with Crippen LogP contribution in [0, 0.1) is 17.7 Å². The van der Waals surface area contributed by atoms with Gasteiger partial charge in [-0.3, -0.25) is 4.79 Å². The highest BCUT2D eigenvalue weighted by molar-refractivity contribution is 5.76. The van der Waals surface area contributed by atoms with Crippen molar-refractivity contribution in [3.05, 3.63) is 35.6 Å². The summed E-state index contributed by atoms with van der Waals surface area (Å²) in [5.41, 5.74) is 0.831. The van der Waals surface area contributed by atoms with Gasteiger partial charge in [-0.2, -0.15) is 0 Å². The topological polar surface area (TPSA) is 32.3 Å². The summed E-state index contributed by atoms with van der Waals surface area (Å²) in [6, 6.07) is 6.43. The van der Waals surface area contributed by atoms with Crippen LogP contribution in [0.4, 0.5) is 4.39 Å². The van der Waals surface area contributed by atoms with Gasteiger partial charge in [0, 0.05) is 20.0 Å². The molecule has 0 radical (unpaired) electrons. The molecule has 0 aliphatic carbocycles. The second-order valence-corrected chi connectivity index (χ2v) is 6.17. The van der Waals surface area contributed by atoms with Gasteiger partial charge in [0.05, 0.1) is 0 Å². The average molecular weight is 292 g/mol. The largest absolute Gasteiger partial charge is 0.341 e. The molecule has 116 valence electrons. The predicted molar refractivity (Wildman–Crippen MR) is 82.2 cm³/mol. The second kappa shape index (κ2) is 7.55. The summed E-state index contributed by atoms with van der Waals surface area (Å²) < 4.78 is 13.2. The molecule has 2 rings (SSSR count). The van der Waals surface area contributed by atoms with Crippen LogP contribution in [-0.2, 0) is 11.3 Å². The summed E-state index contributed by atoms with van der Waals surface area (Å²) in [6.07, 6.45) is 2.97. The summed E-state index contributed by atoms with van der Waals surface area (Å²) in [5, 5.41) is 3.40. The van der Waals surface area contributed by atoms with Gasteiger partial charge in [0.2, 0.25) is 5.91 Å². The summed E-state index contributed by atoms with van der Waals surface area (Å²) in [4.78, 5) is 14.0. The number of hydrogen-bond donors (Lipinski definition) is 1. The highest BCUT2D eigenvalue weighted by atomic mass is 19.1. The molecule has 1 aromatic rings. The van der Waals surface area contributed by atoms with Crippen LogP contribution < -0.4 is 5.32 Å². The Kier molecular flexibility index (Phi) is 5.74. The van der Waals surface area contributed by atoms with Gasteiger partial charge in [-0.25, -0.2) is 4.39 Å². The number of benzene rings is 1. The number of nitrogens with zero attached hydrogens (tertiary/aromatic N) is 1. The average Bonchev–Trinajstić information content (AvgIpc) is 2.48. The molecule has 2 atom stereocenters. The number of carbonyl (C=O) groups is 1. The van der Waals surface area contributed by atoms with E-state index in [-0.39, 0.29) is 11.7 Å². The number of hydrogen-bond acceptors (Lipinski definition) is 2. The van der Waals surface area contributed by atoms with Crippen molar-refractivity contribution in [2.45, 2.75) is 32.7 Å². The second-order valence-electron chi connectivity index (χ2n) is 6.17. The van der Waals surface area contributed by atoms with Gasteiger partial charge in [-0.05, 0) is 55.5 Å². The van der Waals surface area contributed by atoms with Crippen LogP contribution in [0.2, 0.25) is 0 Å². The van der Waals surface area contributed by atoms with Crippen molar-refractivity contribution in [1.29, 1.82) is 0 Å². The number of piperidine rings is 1. The zero-order valence-corrected chi connectivity index (χ0v) is 12.9. The number of amides is 1. The number of nitrogens with one attached hydrogen (secondary N) is 1. The number of rotatable bonds is 5. The van der Waals surface area contributed by atoms with Crippen LogP contribution in [0.15, 0.2) is 24.3 Å². The van der Waals surface area contributed by atoms with E-state index in [2.05, 4.69) is 12.2 Å². The fraction of sp³-hybridized carbons (Fsp3) is 0.588. The van der Waals surface area contributed by atoms with E-state index < -0.39 is 0 Å². The molecule has 1 aromatic carbocycles. The zero-order valence-electron chi connectivity index (χ0n) is 12.9. The van der Waals surface area contributed by atoms with Gasteiger partial charge in [-0.1, -0.05) is 19.1 Å². The SMILES string of the molecule is CC(CC(=O)N(C)Cc1cccc(F)c1)C1CCCNC1. The van der Waals surface area contributed by atoms with E-state index in [0.29, 0.717) is 24.8 Å². The van der Waals surface area contributed by atoms with E-state index in [1.165, 1.54) is 25.0 Å². The maximum atomic E-state index is 13.2. The van der Waals surface area contributed by atoms with Crippen LogP contribution in [-0.4, -0.2) is 30.9 Å². The number of halogens is 1. The smallest absolute Gasteiger partial charge is 0.222 e. The van der Waals surface area contributed by atoms with Crippen LogP contribution >= 0.6 is 0 Å². The lowest BCUT2D eigenvalue weighted by Crippen LogP contribution is -2.36. The molecule has 3 nitrogen and oxygen atoms in total. The molecule has 1 fully saturated rings. The van der Waals surface area contributed by atoms with Gasteiger partial charge >= 0.3 is 0 Å². The van der Waals surface area contributed by atoms with Crippen LogP contribution in [0.3, 0.4) is 0 Å². The molecule has 0 bridgehead atoms. The molecule has 1 N–H and O–H groups in total. The van der Waals surface area contributed by atoms with E-state index in [1.807, 2.05) is 6.07 Å². The van der Waals surface area contributed by atoms with Gasteiger partial charge in [-0.15, -0.1) is 0 Å². The van der Waals surface area contributed by atoms with E-state index in [4.69, 9.17) is 0 Å². The van der Waals surface area contributed by atoms with Crippen molar-refractivity contribution < 1.29 is 9.18 Å². The molecular weight excluding hydrogens is 267 g/mol. The minimum Gasteiger partial charge on any atom is -0.341 e. The molecule has 1 heterocycles. The third-order valence-electron chi connectivity index (χ3n) is 4.37. The molecule has 0 aromatic heterocycles. The van der Waals surface area contributed by atoms with Crippen LogP contribution in [0.5, 0.6) is 0 Å². The molecule has 21 heavy (non-hydrogen) atoms. The first-order valence-electron chi connectivity index (χ1n) is 7.75. The first-order chi connectivity index (χ1) is 10.1. The molecular formula is C17H25FN2O. The van der Waals surface area contributed by atoms with E-state index in [1.54, 1.807) is 18.0 Å². The highest BCUT2D eigenvalue weighted by Gasteiger charge is 2.23. The fourth-order valence-corrected chi connectivity index (χ4v) is 2.96. The molecule has 1 saturated heterocycles. The van der Waals surface area contributed by atoms with Gasteiger partial charge in [0.25, 0.3) is 0 Å². The monoisotopic (exact) mass is 292 g/mol. The van der Waals surface area contributed by atoms with Crippen molar-refractivity contribution in [2.75, 3.05) is 20.1 Å². The normalized spacial score (nSPS) is 20.0. The van der Waals surface area contributed by atoms with Crippen molar-refractivity contribution >= 4 is 5.91 Å². The summed E-state index contributed by atoms with van der Waals surface area (Å²) in [5.74, 6) is 0.859. The Morgan fingerprint density at radius 3 is 3.00 bits per heavy atom. The highest BCUT2D eigenvalue weighted by Crippen LogP contribution is 2.23. The quantitative estimate of drug-likeness (QED) is 0.905. The van der Waals surface area contributed by atoms with E-state index in [0.717, 1.165) is 18.7 Å². The summed E-state index contributed by atoms with van der Waals surface area (Å²) >= 11 is 0. The molecule has 1 aliphatic heterocycles. The first-order valence-corrected chi connectivity index (χ1v) is 7.75. The minimum atomic E-state index is -0.255. The molecule has 0 saturated carbocycles. The summed E-state index contributed by atoms with van der Waals surface area (Å²) in [6.45, 7) is 4.73. The zero-order chi connectivity index (χ0) is 15.2. The lowest BCUT2D eigenvalue weighted by molar-refractivity contribution is -0.131. The van der Waals surface area contributed by atoms with Gasteiger partial charge in [0.15, 0.2) is 0 Å². The molecule has 1 amide bonds. The van der Waals surface area contributed by atoms with E-state index in [9.17, 15) is 9.18 Å². The lowest BCUT2D eigenvalue weighted by Gasteiger charge is -2.29. The Balaban J connectivity index is 1.84. The fourth-order valence-electron chi connectivity index (χ4n) is 2.96. The van der Waals surface area contributed by atoms with Crippen molar-refractivity contribution in [1.82, 2.24) is 10.2 Å². The standard InChI is InChI=1S/C17H25FN2O/c1-13(15-6-4-8-19-11-15)9-17(21)20(2)12-14-5-3-7-16(18)10-14/h3,5,7,10,13,15,19H,4,6,8-9,11-12H2,1-2H3. The maximum absolute atomic E-state index is 13.2. The van der Waals surface area contributed by atoms with Crippen molar-refractivity contribution in [2.24, 2.45) is 11.8 Å². The maximum Gasteiger partial charge on any atom is 0.222 e. The molecule has 1 aliphatic rings. The molecule has 0 spiro atoms. The Morgan fingerprint density at radius 2 is 2.33 bits per heavy atom. The first kappa shape index (κ1) is 16.0. The van der Waals surface area contributed by atoms with Gasteiger partial charge in [0.1, 0.15) is 5.82 Å². The van der Waals surface area contributed by atoms with Crippen LogP contribution in [0.25, 0.3) is 0 Å². The third-order valence-corrected chi connectivity index (χ3v) is 4.37. The Hall–Kier alpha value is -1.42. The Morgan fingerprint density at radius 1 is 1.52 bits per heavy atom. The van der Waals surface area contributed by atoms with Crippen molar-refractivity contribution in [3.63, 3.8) is 0 Å². The summed E-state index contributed by atoms with van der Waals surface area (Å²) in [7, 11) is 1.79. The van der Waals surface area contributed by atoms with Crippen LogP contribution in [0.1, 0.15) is 31.7 Å².